The van der Waals surface area contributed by atoms with Crippen LogP contribution in [-0.2, 0) is 11.2 Å². The summed E-state index contributed by atoms with van der Waals surface area (Å²) >= 11 is 5.03. The van der Waals surface area contributed by atoms with E-state index in [0.717, 1.165) is 28.0 Å². The molecule has 1 unspecified atom stereocenters. The zero-order valence-electron chi connectivity index (χ0n) is 8.83. The molecule has 0 aromatic carbocycles. The van der Waals surface area contributed by atoms with Gasteiger partial charge in [0.05, 0.1) is 9.20 Å². The van der Waals surface area contributed by atoms with Gasteiger partial charge in [-0.3, -0.25) is 4.79 Å². The summed E-state index contributed by atoms with van der Waals surface area (Å²) in [6, 6.07) is 3.99. The molecule has 1 aromatic heterocycles. The Bertz CT molecular complexity index is 385. The minimum absolute atomic E-state index is 0.581. The van der Waals surface area contributed by atoms with Crippen LogP contribution in [-0.4, -0.2) is 24.2 Å². The molecule has 0 bridgehead atoms. The van der Waals surface area contributed by atoms with E-state index in [4.69, 9.17) is 0 Å². The summed E-state index contributed by atoms with van der Waals surface area (Å²) in [4.78, 5) is 12.6. The molecule has 88 valence electrons. The van der Waals surface area contributed by atoms with E-state index in [0.29, 0.717) is 13.0 Å². The maximum atomic E-state index is 11.4. The Morgan fingerprint density at radius 1 is 1.62 bits per heavy atom. The molecule has 3 nitrogen and oxygen atoms in total. The summed E-state index contributed by atoms with van der Waals surface area (Å²) in [5.41, 5.74) is -0.609. The van der Waals surface area contributed by atoms with E-state index >= 15 is 0 Å². The molecule has 2 rings (SSSR count). The van der Waals surface area contributed by atoms with Crippen molar-refractivity contribution in [1.82, 2.24) is 5.32 Å². The van der Waals surface area contributed by atoms with Gasteiger partial charge in [-0.25, -0.2) is 0 Å². The van der Waals surface area contributed by atoms with Crippen LogP contribution < -0.4 is 5.32 Å². The number of halogens is 1. The molecule has 0 amide bonds. The van der Waals surface area contributed by atoms with Gasteiger partial charge in [0.25, 0.3) is 0 Å². The lowest BCUT2D eigenvalue weighted by Gasteiger charge is -2.33. The number of hydrogen-bond donors (Lipinski definition) is 2. The van der Waals surface area contributed by atoms with Crippen LogP contribution in [0.25, 0.3) is 0 Å². The first-order valence-electron chi connectivity index (χ1n) is 5.31. The number of rotatable bonds is 3. The number of piperidine rings is 1. The van der Waals surface area contributed by atoms with Crippen molar-refractivity contribution in [3.8, 4) is 0 Å². The maximum absolute atomic E-state index is 11.4. The van der Waals surface area contributed by atoms with Gasteiger partial charge in [-0.1, -0.05) is 0 Å². The summed E-state index contributed by atoms with van der Waals surface area (Å²) in [7, 11) is 0. The van der Waals surface area contributed by atoms with Gasteiger partial charge >= 0.3 is 5.97 Å². The second kappa shape index (κ2) is 4.85. The summed E-state index contributed by atoms with van der Waals surface area (Å²) < 4.78 is 1.06. The third-order valence-electron chi connectivity index (χ3n) is 3.07. The Morgan fingerprint density at radius 2 is 2.44 bits per heavy atom. The fraction of sp³-hybridized carbons (Fsp3) is 0.545. The van der Waals surface area contributed by atoms with E-state index in [-0.39, 0.29) is 0 Å². The molecule has 1 saturated heterocycles. The number of aliphatic carboxylic acids is 1. The van der Waals surface area contributed by atoms with Crippen LogP contribution in [0.15, 0.2) is 15.9 Å². The minimum Gasteiger partial charge on any atom is -0.481 e. The lowest BCUT2D eigenvalue weighted by molar-refractivity contribution is -0.150. The number of nitrogens with one attached hydrogen (secondary N) is 1. The largest absolute Gasteiger partial charge is 0.481 e. The highest BCUT2D eigenvalue weighted by Gasteiger charge is 2.40. The van der Waals surface area contributed by atoms with E-state index in [1.165, 1.54) is 0 Å². The number of hydrogen-bond acceptors (Lipinski definition) is 3. The first kappa shape index (κ1) is 12.1. The Balaban J connectivity index is 2.16. The molecule has 1 atom stereocenters. The van der Waals surface area contributed by atoms with E-state index in [1.54, 1.807) is 11.3 Å². The normalized spacial score (nSPS) is 25.6. The van der Waals surface area contributed by atoms with Crippen LogP contribution >= 0.6 is 27.3 Å². The van der Waals surface area contributed by atoms with E-state index in [1.807, 2.05) is 12.1 Å². The molecule has 0 spiro atoms. The number of carbonyl (C=O) groups is 1. The Labute approximate surface area is 107 Å². The Hall–Kier alpha value is -0.390. The van der Waals surface area contributed by atoms with Crippen molar-refractivity contribution in [2.45, 2.75) is 19.3 Å². The SMILES string of the molecule is O=C(O)C1(Cc2ccc(Br)s2)CCCNC1. The smallest absolute Gasteiger partial charge is 0.311 e. The molecule has 16 heavy (non-hydrogen) atoms. The van der Waals surface area contributed by atoms with E-state index in [9.17, 15) is 9.90 Å². The molecule has 5 heteroatoms. The molecule has 1 aromatic rings. The highest BCUT2D eigenvalue weighted by Crippen LogP contribution is 2.34. The molecule has 1 fully saturated rings. The predicted octanol–water partition coefficient (Wildman–Crippen LogP) is 2.51. The van der Waals surface area contributed by atoms with Crippen molar-refractivity contribution in [3.63, 3.8) is 0 Å². The zero-order valence-corrected chi connectivity index (χ0v) is 11.2. The fourth-order valence-corrected chi connectivity index (χ4v) is 3.78. The molecule has 1 aliphatic heterocycles. The molecule has 2 heterocycles. The molecule has 0 radical (unpaired) electrons. The lowest BCUT2D eigenvalue weighted by Crippen LogP contribution is -2.46. The molecular weight excluding hydrogens is 290 g/mol. The molecule has 0 aliphatic carbocycles. The lowest BCUT2D eigenvalue weighted by atomic mass is 9.77. The van der Waals surface area contributed by atoms with Crippen LogP contribution in [0.2, 0.25) is 0 Å². The van der Waals surface area contributed by atoms with Gasteiger partial charge in [-0.05, 0) is 53.9 Å². The van der Waals surface area contributed by atoms with Crippen molar-refractivity contribution in [2.75, 3.05) is 13.1 Å². The first-order chi connectivity index (χ1) is 7.62. The Morgan fingerprint density at radius 3 is 2.94 bits per heavy atom. The van der Waals surface area contributed by atoms with Gasteiger partial charge in [0.1, 0.15) is 0 Å². The molecule has 2 N–H and O–H groups in total. The average Bonchev–Trinajstić information content (AvgIpc) is 2.65. The predicted molar refractivity (Wildman–Crippen MR) is 67.9 cm³/mol. The van der Waals surface area contributed by atoms with Gasteiger partial charge in [0, 0.05) is 11.4 Å². The van der Waals surface area contributed by atoms with Gasteiger partial charge in [-0.15, -0.1) is 11.3 Å². The standard InChI is InChI=1S/C11H14BrNO2S/c12-9-3-2-8(16-9)6-11(10(14)15)4-1-5-13-7-11/h2-3,13H,1,4-7H2,(H,14,15). The van der Waals surface area contributed by atoms with Crippen molar-refractivity contribution < 1.29 is 9.90 Å². The van der Waals surface area contributed by atoms with Gasteiger partial charge in [0.2, 0.25) is 0 Å². The van der Waals surface area contributed by atoms with Crippen LogP contribution in [0.1, 0.15) is 17.7 Å². The zero-order chi connectivity index (χ0) is 11.6. The number of carboxylic acid groups (broad SMARTS) is 1. The second-order valence-electron chi connectivity index (χ2n) is 4.25. The van der Waals surface area contributed by atoms with Crippen molar-refractivity contribution >= 4 is 33.2 Å². The van der Waals surface area contributed by atoms with Crippen LogP contribution in [0, 0.1) is 5.41 Å². The first-order valence-corrected chi connectivity index (χ1v) is 6.92. The monoisotopic (exact) mass is 303 g/mol. The molecule has 1 aliphatic rings. The fourth-order valence-electron chi connectivity index (χ4n) is 2.16. The Kier molecular flexibility index (Phi) is 3.66. The van der Waals surface area contributed by atoms with Crippen LogP contribution in [0.3, 0.4) is 0 Å². The number of carboxylic acids is 1. The van der Waals surface area contributed by atoms with E-state index in [2.05, 4.69) is 21.2 Å². The quantitative estimate of drug-likeness (QED) is 0.902. The summed E-state index contributed by atoms with van der Waals surface area (Å²) in [6.45, 7) is 1.51. The van der Waals surface area contributed by atoms with Crippen LogP contribution in [0.4, 0.5) is 0 Å². The molecule has 0 saturated carbocycles. The highest BCUT2D eigenvalue weighted by molar-refractivity contribution is 9.11. The average molecular weight is 304 g/mol. The summed E-state index contributed by atoms with van der Waals surface area (Å²) in [5.74, 6) is -0.677. The third-order valence-corrected chi connectivity index (χ3v) is 4.69. The summed E-state index contributed by atoms with van der Waals surface area (Å²) in [6.07, 6.45) is 2.34. The van der Waals surface area contributed by atoms with E-state index < -0.39 is 11.4 Å². The topological polar surface area (TPSA) is 49.3 Å². The van der Waals surface area contributed by atoms with Gasteiger partial charge in [-0.2, -0.15) is 0 Å². The van der Waals surface area contributed by atoms with Gasteiger partial charge in [0.15, 0.2) is 0 Å². The van der Waals surface area contributed by atoms with Crippen LogP contribution in [0.5, 0.6) is 0 Å². The molecular formula is C11H14BrNO2S. The van der Waals surface area contributed by atoms with Crippen molar-refractivity contribution in [2.24, 2.45) is 5.41 Å². The minimum atomic E-state index is -0.677. The third kappa shape index (κ3) is 2.47. The van der Waals surface area contributed by atoms with Crippen molar-refractivity contribution in [1.29, 1.82) is 0 Å². The summed E-state index contributed by atoms with van der Waals surface area (Å²) in [5, 5.41) is 12.6. The number of thiophene rings is 1. The second-order valence-corrected chi connectivity index (χ2v) is 6.80. The highest BCUT2D eigenvalue weighted by atomic mass is 79.9. The van der Waals surface area contributed by atoms with Crippen molar-refractivity contribution in [3.05, 3.63) is 20.8 Å². The van der Waals surface area contributed by atoms with Gasteiger partial charge < -0.3 is 10.4 Å². The maximum Gasteiger partial charge on any atom is 0.311 e.